The molecule has 1 amide bonds. The van der Waals surface area contributed by atoms with E-state index in [-0.39, 0.29) is 11.8 Å². The van der Waals surface area contributed by atoms with Crippen molar-refractivity contribution in [3.8, 4) is 0 Å². The quantitative estimate of drug-likeness (QED) is 0.726. The van der Waals surface area contributed by atoms with E-state index in [4.69, 9.17) is 11.6 Å². The first kappa shape index (κ1) is 12.4. The number of hydrogen-bond acceptors (Lipinski definition) is 3. The van der Waals surface area contributed by atoms with Crippen LogP contribution in [0, 0.1) is 0 Å². The van der Waals surface area contributed by atoms with Gasteiger partial charge in [-0.3, -0.25) is 9.69 Å². The van der Waals surface area contributed by atoms with Crippen molar-refractivity contribution in [1.82, 2.24) is 19.4 Å². The lowest BCUT2D eigenvalue weighted by Crippen LogP contribution is -2.49. The van der Waals surface area contributed by atoms with Crippen molar-refractivity contribution in [2.75, 3.05) is 38.6 Å². The first-order valence-electron chi connectivity index (χ1n) is 5.81. The minimum atomic E-state index is 0.0425. The van der Waals surface area contributed by atoms with Crippen LogP contribution >= 0.6 is 11.6 Å². The molecular formula is C11H17ClN4O. The Labute approximate surface area is 106 Å². The van der Waals surface area contributed by atoms with E-state index in [0.29, 0.717) is 0 Å². The van der Waals surface area contributed by atoms with Crippen LogP contribution in [0.4, 0.5) is 0 Å². The molecule has 0 spiro atoms. The second-order valence-corrected chi connectivity index (χ2v) is 4.42. The number of amides is 1. The van der Waals surface area contributed by atoms with E-state index in [9.17, 15) is 4.79 Å². The summed E-state index contributed by atoms with van der Waals surface area (Å²) in [4.78, 5) is 19.6. The summed E-state index contributed by atoms with van der Waals surface area (Å²) in [7, 11) is 0. The van der Waals surface area contributed by atoms with Crippen molar-refractivity contribution in [1.29, 1.82) is 0 Å². The predicted molar refractivity (Wildman–Crippen MR) is 66.0 cm³/mol. The van der Waals surface area contributed by atoms with Gasteiger partial charge in [0.2, 0.25) is 5.91 Å². The van der Waals surface area contributed by atoms with E-state index >= 15 is 0 Å². The Morgan fingerprint density at radius 3 is 2.59 bits per heavy atom. The van der Waals surface area contributed by atoms with Gasteiger partial charge >= 0.3 is 0 Å². The standard InChI is InChI=1S/C11H17ClN4O/c12-9-11(17)16-7-5-14(6-8-16)3-4-15-2-1-13-10-15/h1-2,10H,3-9H2. The van der Waals surface area contributed by atoms with E-state index in [0.717, 1.165) is 39.3 Å². The highest BCUT2D eigenvalue weighted by Gasteiger charge is 2.19. The van der Waals surface area contributed by atoms with E-state index in [1.165, 1.54) is 0 Å². The fourth-order valence-electron chi connectivity index (χ4n) is 1.98. The summed E-state index contributed by atoms with van der Waals surface area (Å²) in [5.74, 6) is 0.135. The largest absolute Gasteiger partial charge is 0.339 e. The number of halogens is 1. The van der Waals surface area contributed by atoms with Gasteiger partial charge in [0.25, 0.3) is 0 Å². The van der Waals surface area contributed by atoms with Crippen LogP contribution < -0.4 is 0 Å². The first-order chi connectivity index (χ1) is 8.29. The SMILES string of the molecule is O=C(CCl)N1CCN(CCn2ccnc2)CC1. The maximum atomic E-state index is 11.4. The van der Waals surface area contributed by atoms with Gasteiger partial charge in [-0.2, -0.15) is 0 Å². The first-order valence-corrected chi connectivity index (χ1v) is 6.35. The van der Waals surface area contributed by atoms with Crippen molar-refractivity contribution in [2.45, 2.75) is 6.54 Å². The smallest absolute Gasteiger partial charge is 0.237 e. The molecule has 0 radical (unpaired) electrons. The van der Waals surface area contributed by atoms with Gasteiger partial charge in [0.1, 0.15) is 5.88 Å². The topological polar surface area (TPSA) is 41.4 Å². The van der Waals surface area contributed by atoms with Crippen LogP contribution in [0.2, 0.25) is 0 Å². The van der Waals surface area contributed by atoms with Crippen molar-refractivity contribution in [3.63, 3.8) is 0 Å². The van der Waals surface area contributed by atoms with Crippen molar-refractivity contribution in [3.05, 3.63) is 18.7 Å². The summed E-state index contributed by atoms with van der Waals surface area (Å²) in [6, 6.07) is 0. The zero-order valence-electron chi connectivity index (χ0n) is 9.76. The van der Waals surface area contributed by atoms with Crippen molar-refractivity contribution >= 4 is 17.5 Å². The van der Waals surface area contributed by atoms with E-state index in [1.807, 2.05) is 17.4 Å². The molecule has 0 aliphatic carbocycles. The highest BCUT2D eigenvalue weighted by Crippen LogP contribution is 2.03. The Morgan fingerprint density at radius 2 is 2.00 bits per heavy atom. The number of imidazole rings is 1. The molecule has 1 aliphatic heterocycles. The highest BCUT2D eigenvalue weighted by molar-refractivity contribution is 6.27. The van der Waals surface area contributed by atoms with Crippen LogP contribution in [0.3, 0.4) is 0 Å². The van der Waals surface area contributed by atoms with Crippen molar-refractivity contribution in [2.24, 2.45) is 0 Å². The third-order valence-electron chi connectivity index (χ3n) is 3.07. The second-order valence-electron chi connectivity index (χ2n) is 4.16. The van der Waals surface area contributed by atoms with Crippen molar-refractivity contribution < 1.29 is 4.79 Å². The predicted octanol–water partition coefficient (Wildman–Crippen LogP) is 0.266. The molecular weight excluding hydrogens is 240 g/mol. The number of aromatic nitrogens is 2. The minimum absolute atomic E-state index is 0.0425. The molecule has 1 fully saturated rings. The van der Waals surface area contributed by atoms with Crippen LogP contribution in [0.1, 0.15) is 0 Å². The fraction of sp³-hybridized carbons (Fsp3) is 0.636. The Balaban J connectivity index is 1.70. The molecule has 1 aliphatic rings. The maximum absolute atomic E-state index is 11.4. The molecule has 5 nitrogen and oxygen atoms in total. The van der Waals surface area contributed by atoms with Gasteiger partial charge in [0.15, 0.2) is 0 Å². The third-order valence-corrected chi connectivity index (χ3v) is 3.30. The maximum Gasteiger partial charge on any atom is 0.237 e. The average Bonchev–Trinajstić information content (AvgIpc) is 2.89. The van der Waals surface area contributed by atoms with Gasteiger partial charge in [-0.25, -0.2) is 4.98 Å². The number of hydrogen-bond donors (Lipinski definition) is 0. The number of carbonyl (C=O) groups is 1. The molecule has 94 valence electrons. The van der Waals surface area contributed by atoms with Crippen LogP contribution in [0.5, 0.6) is 0 Å². The molecule has 0 saturated carbocycles. The summed E-state index contributed by atoms with van der Waals surface area (Å²) >= 11 is 5.54. The Morgan fingerprint density at radius 1 is 1.24 bits per heavy atom. The number of rotatable bonds is 4. The number of carbonyl (C=O) groups excluding carboxylic acids is 1. The number of piperazine rings is 1. The van der Waals surface area contributed by atoms with Gasteiger partial charge in [-0.1, -0.05) is 0 Å². The molecule has 0 unspecified atom stereocenters. The lowest BCUT2D eigenvalue weighted by Gasteiger charge is -2.34. The molecule has 1 aromatic heterocycles. The molecule has 6 heteroatoms. The van der Waals surface area contributed by atoms with Crippen LogP contribution in [0.25, 0.3) is 0 Å². The van der Waals surface area contributed by atoms with Gasteiger partial charge in [0.05, 0.1) is 6.33 Å². The Hall–Kier alpha value is -1.07. The second kappa shape index (κ2) is 6.02. The molecule has 2 heterocycles. The molecule has 17 heavy (non-hydrogen) atoms. The normalized spacial score (nSPS) is 17.4. The monoisotopic (exact) mass is 256 g/mol. The summed E-state index contributed by atoms with van der Waals surface area (Å²) in [5.41, 5.74) is 0. The van der Waals surface area contributed by atoms with Gasteiger partial charge < -0.3 is 9.47 Å². The van der Waals surface area contributed by atoms with Crippen LogP contribution in [-0.4, -0.2) is 63.9 Å². The van der Waals surface area contributed by atoms with E-state index in [1.54, 1.807) is 6.20 Å². The molecule has 1 aromatic rings. The lowest BCUT2D eigenvalue weighted by atomic mass is 10.3. The highest BCUT2D eigenvalue weighted by atomic mass is 35.5. The molecule has 0 N–H and O–H groups in total. The average molecular weight is 257 g/mol. The zero-order valence-corrected chi connectivity index (χ0v) is 10.5. The lowest BCUT2D eigenvalue weighted by molar-refractivity contribution is -0.130. The van der Waals surface area contributed by atoms with Gasteiger partial charge in [0, 0.05) is 51.7 Å². The Kier molecular flexibility index (Phi) is 4.39. The van der Waals surface area contributed by atoms with Gasteiger partial charge in [-0.05, 0) is 0 Å². The van der Waals surface area contributed by atoms with Gasteiger partial charge in [-0.15, -0.1) is 11.6 Å². The minimum Gasteiger partial charge on any atom is -0.339 e. The molecule has 2 rings (SSSR count). The summed E-state index contributed by atoms with van der Waals surface area (Å²) in [5, 5.41) is 0. The number of alkyl halides is 1. The third kappa shape index (κ3) is 3.44. The summed E-state index contributed by atoms with van der Waals surface area (Å²) in [6.07, 6.45) is 5.58. The molecule has 0 aromatic carbocycles. The Bertz CT molecular complexity index is 346. The fourth-order valence-corrected chi connectivity index (χ4v) is 2.15. The van der Waals surface area contributed by atoms with Crippen LogP contribution in [-0.2, 0) is 11.3 Å². The zero-order chi connectivity index (χ0) is 12.1. The molecule has 1 saturated heterocycles. The summed E-state index contributed by atoms with van der Waals surface area (Å²) in [6.45, 7) is 5.38. The van der Waals surface area contributed by atoms with E-state index < -0.39 is 0 Å². The number of nitrogens with zero attached hydrogens (tertiary/aromatic N) is 4. The van der Waals surface area contributed by atoms with E-state index in [2.05, 4.69) is 14.5 Å². The van der Waals surface area contributed by atoms with Crippen LogP contribution in [0.15, 0.2) is 18.7 Å². The molecule has 0 atom stereocenters. The molecule has 0 bridgehead atoms. The summed E-state index contributed by atoms with van der Waals surface area (Å²) < 4.78 is 2.07.